The van der Waals surface area contributed by atoms with Crippen LogP contribution in [0.5, 0.6) is 0 Å². The average molecular weight is 323 g/mol. The molecule has 1 saturated carbocycles. The third-order valence-electron chi connectivity index (χ3n) is 4.70. The van der Waals surface area contributed by atoms with Crippen molar-refractivity contribution in [1.29, 1.82) is 0 Å². The molecule has 124 valence electrons. The number of benzene rings is 2. The van der Waals surface area contributed by atoms with Gasteiger partial charge >= 0.3 is 5.97 Å². The normalized spacial score (nSPS) is 15.3. The van der Waals surface area contributed by atoms with Crippen LogP contribution in [0.25, 0.3) is 0 Å². The lowest BCUT2D eigenvalue weighted by atomic mass is 9.77. The van der Waals surface area contributed by atoms with Gasteiger partial charge in [-0.15, -0.1) is 0 Å². The van der Waals surface area contributed by atoms with Crippen LogP contribution in [0.3, 0.4) is 0 Å². The van der Waals surface area contributed by atoms with Crippen molar-refractivity contribution in [3.63, 3.8) is 0 Å². The van der Waals surface area contributed by atoms with Crippen LogP contribution in [0.15, 0.2) is 54.6 Å². The zero-order valence-corrected chi connectivity index (χ0v) is 13.4. The predicted molar refractivity (Wildman–Crippen MR) is 91.8 cm³/mol. The molecule has 0 heterocycles. The minimum Gasteiger partial charge on any atom is -0.478 e. The molecule has 1 atom stereocenters. The van der Waals surface area contributed by atoms with Gasteiger partial charge in [0.2, 0.25) is 5.91 Å². The molecule has 1 aliphatic rings. The molecule has 3 rings (SSSR count). The number of amides is 1. The second-order valence-corrected chi connectivity index (χ2v) is 6.29. The summed E-state index contributed by atoms with van der Waals surface area (Å²) in [5.74, 6) is -0.674. The number of hydrogen-bond donors (Lipinski definition) is 2. The second-order valence-electron chi connectivity index (χ2n) is 6.29. The fourth-order valence-electron chi connectivity index (χ4n) is 3.19. The molecule has 24 heavy (non-hydrogen) atoms. The molecule has 0 aromatic heterocycles. The highest BCUT2D eigenvalue weighted by Gasteiger charge is 2.29. The summed E-state index contributed by atoms with van der Waals surface area (Å²) in [6, 6.07) is 16.7. The Hall–Kier alpha value is -2.62. The number of carboxylic acid groups (broad SMARTS) is 1. The Kier molecular flexibility index (Phi) is 4.94. The van der Waals surface area contributed by atoms with E-state index in [2.05, 4.69) is 5.32 Å². The van der Waals surface area contributed by atoms with E-state index < -0.39 is 5.97 Å². The number of carboxylic acids is 1. The van der Waals surface area contributed by atoms with Crippen LogP contribution in [0.4, 0.5) is 0 Å². The van der Waals surface area contributed by atoms with Crippen LogP contribution < -0.4 is 5.32 Å². The van der Waals surface area contributed by atoms with Crippen molar-refractivity contribution < 1.29 is 14.7 Å². The molecule has 0 radical (unpaired) electrons. The van der Waals surface area contributed by atoms with Crippen molar-refractivity contribution in [3.05, 3.63) is 71.3 Å². The van der Waals surface area contributed by atoms with Gasteiger partial charge in [-0.3, -0.25) is 4.79 Å². The van der Waals surface area contributed by atoms with Gasteiger partial charge in [-0.2, -0.15) is 0 Å². The highest BCUT2D eigenvalue weighted by molar-refractivity contribution is 5.91. The van der Waals surface area contributed by atoms with E-state index in [9.17, 15) is 14.7 Å². The standard InChI is InChI=1S/C20H21NO3/c22-18(13-16-9-4-5-12-17(16)20(23)24)21-19(15-10-6-11-15)14-7-2-1-3-8-14/h1-5,7-9,12,15,19H,6,10-11,13H2,(H,21,22)(H,23,24). The summed E-state index contributed by atoms with van der Waals surface area (Å²) < 4.78 is 0. The first-order valence-electron chi connectivity index (χ1n) is 8.30. The number of carbonyl (C=O) groups excluding carboxylic acids is 1. The van der Waals surface area contributed by atoms with Crippen LogP contribution >= 0.6 is 0 Å². The zero-order valence-electron chi connectivity index (χ0n) is 13.4. The smallest absolute Gasteiger partial charge is 0.335 e. The maximum atomic E-state index is 12.5. The van der Waals surface area contributed by atoms with Gasteiger partial charge in [0.25, 0.3) is 0 Å². The fraction of sp³-hybridized carbons (Fsp3) is 0.300. The summed E-state index contributed by atoms with van der Waals surface area (Å²) in [6.07, 6.45) is 3.52. The Morgan fingerprint density at radius 1 is 1.04 bits per heavy atom. The summed E-state index contributed by atoms with van der Waals surface area (Å²) in [5, 5.41) is 12.4. The van der Waals surface area contributed by atoms with Crippen LogP contribution in [0.2, 0.25) is 0 Å². The summed E-state index contributed by atoms with van der Waals surface area (Å²) >= 11 is 0. The van der Waals surface area contributed by atoms with Gasteiger partial charge in [-0.05, 0) is 36.0 Å². The average Bonchev–Trinajstić information content (AvgIpc) is 2.53. The second kappa shape index (κ2) is 7.30. The highest BCUT2D eigenvalue weighted by Crippen LogP contribution is 2.37. The van der Waals surface area contributed by atoms with Gasteiger partial charge in [0.05, 0.1) is 18.0 Å². The molecule has 0 bridgehead atoms. The maximum absolute atomic E-state index is 12.5. The Morgan fingerprint density at radius 2 is 1.71 bits per heavy atom. The summed E-state index contributed by atoms with van der Waals surface area (Å²) in [7, 11) is 0. The van der Waals surface area contributed by atoms with Crippen molar-refractivity contribution in [1.82, 2.24) is 5.32 Å². The number of carbonyl (C=O) groups is 2. The minimum atomic E-state index is -1.00. The van der Waals surface area contributed by atoms with E-state index in [1.165, 1.54) is 12.5 Å². The van der Waals surface area contributed by atoms with Crippen LogP contribution in [-0.2, 0) is 11.2 Å². The van der Waals surface area contributed by atoms with E-state index in [0.717, 1.165) is 18.4 Å². The third kappa shape index (κ3) is 3.65. The lowest BCUT2D eigenvalue weighted by Crippen LogP contribution is -2.37. The molecule has 0 aliphatic heterocycles. The van der Waals surface area contributed by atoms with Crippen molar-refractivity contribution in [2.45, 2.75) is 31.7 Å². The van der Waals surface area contributed by atoms with E-state index in [-0.39, 0.29) is 23.9 Å². The van der Waals surface area contributed by atoms with Crippen molar-refractivity contribution in [2.24, 2.45) is 5.92 Å². The Bertz CT molecular complexity index is 723. The minimum absolute atomic E-state index is 0.00411. The van der Waals surface area contributed by atoms with E-state index in [1.54, 1.807) is 18.2 Å². The van der Waals surface area contributed by atoms with E-state index >= 15 is 0 Å². The molecule has 1 fully saturated rings. The van der Waals surface area contributed by atoms with Gasteiger partial charge < -0.3 is 10.4 Å². The first-order valence-corrected chi connectivity index (χ1v) is 8.30. The lowest BCUT2D eigenvalue weighted by molar-refractivity contribution is -0.121. The number of rotatable bonds is 6. The molecule has 1 unspecified atom stereocenters. The molecule has 1 amide bonds. The van der Waals surface area contributed by atoms with Gasteiger partial charge in [-0.25, -0.2) is 4.79 Å². The van der Waals surface area contributed by atoms with Crippen LogP contribution in [-0.4, -0.2) is 17.0 Å². The summed E-state index contributed by atoms with van der Waals surface area (Å²) in [6.45, 7) is 0. The third-order valence-corrected chi connectivity index (χ3v) is 4.70. The van der Waals surface area contributed by atoms with E-state index in [0.29, 0.717) is 11.5 Å². The van der Waals surface area contributed by atoms with Gasteiger partial charge in [0.15, 0.2) is 0 Å². The first-order chi connectivity index (χ1) is 11.6. The maximum Gasteiger partial charge on any atom is 0.335 e. The monoisotopic (exact) mass is 323 g/mol. The topological polar surface area (TPSA) is 66.4 Å². The lowest BCUT2D eigenvalue weighted by Gasteiger charge is -2.34. The molecule has 4 heteroatoms. The molecule has 4 nitrogen and oxygen atoms in total. The molecule has 0 spiro atoms. The largest absolute Gasteiger partial charge is 0.478 e. The molecule has 0 saturated heterocycles. The SMILES string of the molecule is O=C(Cc1ccccc1C(=O)O)NC(c1ccccc1)C1CCC1. The van der Waals surface area contributed by atoms with Crippen LogP contribution in [0.1, 0.15) is 46.8 Å². The van der Waals surface area contributed by atoms with Gasteiger partial charge in [0, 0.05) is 0 Å². The molecule has 1 aliphatic carbocycles. The molecule has 2 aromatic rings. The highest BCUT2D eigenvalue weighted by atomic mass is 16.4. The first kappa shape index (κ1) is 16.2. The number of hydrogen-bond acceptors (Lipinski definition) is 2. The Morgan fingerprint density at radius 3 is 2.33 bits per heavy atom. The molecular formula is C20H21NO3. The zero-order chi connectivity index (χ0) is 16.9. The van der Waals surface area contributed by atoms with Crippen molar-refractivity contribution in [2.75, 3.05) is 0 Å². The Balaban J connectivity index is 1.74. The van der Waals surface area contributed by atoms with Gasteiger partial charge in [0.1, 0.15) is 0 Å². The van der Waals surface area contributed by atoms with E-state index in [1.807, 2.05) is 30.3 Å². The fourth-order valence-corrected chi connectivity index (χ4v) is 3.19. The summed E-state index contributed by atoms with van der Waals surface area (Å²) in [4.78, 5) is 23.8. The number of aromatic carboxylic acids is 1. The predicted octanol–water partition coefficient (Wildman–Crippen LogP) is 3.58. The van der Waals surface area contributed by atoms with Crippen LogP contribution in [0, 0.1) is 5.92 Å². The van der Waals surface area contributed by atoms with Gasteiger partial charge in [-0.1, -0.05) is 55.0 Å². The van der Waals surface area contributed by atoms with Crippen molar-refractivity contribution >= 4 is 11.9 Å². The molecule has 2 N–H and O–H groups in total. The quantitative estimate of drug-likeness (QED) is 0.854. The van der Waals surface area contributed by atoms with E-state index in [4.69, 9.17) is 0 Å². The Labute approximate surface area is 141 Å². The number of nitrogens with one attached hydrogen (secondary N) is 1. The molecular weight excluding hydrogens is 302 g/mol. The van der Waals surface area contributed by atoms with Crippen molar-refractivity contribution in [3.8, 4) is 0 Å². The molecule has 2 aromatic carbocycles. The summed E-state index contributed by atoms with van der Waals surface area (Å²) in [5.41, 5.74) is 1.84.